The number of carbonyl (C=O) groups is 1. The Morgan fingerprint density at radius 1 is 1.22 bits per heavy atom. The quantitative estimate of drug-likeness (QED) is 0.726. The molecule has 0 fully saturated rings. The van der Waals surface area contributed by atoms with Crippen molar-refractivity contribution >= 4 is 5.91 Å². The number of pyridine rings is 1. The van der Waals surface area contributed by atoms with Crippen LogP contribution < -0.4 is 5.32 Å². The van der Waals surface area contributed by atoms with Gasteiger partial charge in [0.2, 0.25) is 0 Å². The van der Waals surface area contributed by atoms with Crippen molar-refractivity contribution in [2.45, 2.75) is 32.5 Å². The van der Waals surface area contributed by atoms with Crippen LogP contribution in [0.5, 0.6) is 0 Å². The monoisotopic (exact) mass is 365 g/mol. The molecule has 1 N–H and O–H groups in total. The molecule has 3 aromatic rings. The molecular formula is C20H23N5O2. The van der Waals surface area contributed by atoms with Crippen LogP contribution in [-0.2, 0) is 13.1 Å². The summed E-state index contributed by atoms with van der Waals surface area (Å²) in [5.74, 6) is 1.84. The van der Waals surface area contributed by atoms with E-state index in [2.05, 4.69) is 31.0 Å². The molecule has 0 aromatic carbocycles. The van der Waals surface area contributed by atoms with E-state index < -0.39 is 0 Å². The highest BCUT2D eigenvalue weighted by molar-refractivity contribution is 5.93. The van der Waals surface area contributed by atoms with Crippen LogP contribution in [0.1, 0.15) is 40.0 Å². The number of amides is 1. The van der Waals surface area contributed by atoms with Gasteiger partial charge >= 0.3 is 0 Å². The van der Waals surface area contributed by atoms with Gasteiger partial charge in [-0.1, -0.05) is 0 Å². The summed E-state index contributed by atoms with van der Waals surface area (Å²) in [5, 5.41) is 7.48. The van der Waals surface area contributed by atoms with Gasteiger partial charge in [0.1, 0.15) is 11.5 Å². The normalized spacial score (nSPS) is 16.9. The minimum Gasteiger partial charge on any atom is -0.465 e. The van der Waals surface area contributed by atoms with Crippen LogP contribution in [-0.4, -0.2) is 38.7 Å². The minimum absolute atomic E-state index is 0.0724. The van der Waals surface area contributed by atoms with Crippen molar-refractivity contribution in [1.82, 2.24) is 25.0 Å². The first-order valence-corrected chi connectivity index (χ1v) is 9.17. The lowest BCUT2D eigenvalue weighted by Crippen LogP contribution is -2.38. The van der Waals surface area contributed by atoms with E-state index in [0.29, 0.717) is 12.1 Å². The zero-order valence-corrected chi connectivity index (χ0v) is 15.3. The molecule has 0 bridgehead atoms. The molecular weight excluding hydrogens is 342 g/mol. The third-order valence-corrected chi connectivity index (χ3v) is 4.83. The fraction of sp³-hybridized carbons (Fsp3) is 0.350. The summed E-state index contributed by atoms with van der Waals surface area (Å²) in [6.45, 7) is 5.06. The fourth-order valence-corrected chi connectivity index (χ4v) is 3.55. The smallest absolute Gasteiger partial charge is 0.251 e. The van der Waals surface area contributed by atoms with Gasteiger partial charge in [0.25, 0.3) is 5.91 Å². The van der Waals surface area contributed by atoms with Crippen LogP contribution >= 0.6 is 0 Å². The third-order valence-electron chi connectivity index (χ3n) is 4.83. The molecule has 140 valence electrons. The van der Waals surface area contributed by atoms with Crippen molar-refractivity contribution in [3.8, 4) is 0 Å². The highest BCUT2D eigenvalue weighted by Gasteiger charge is 2.26. The van der Waals surface area contributed by atoms with Crippen molar-refractivity contribution in [3.05, 3.63) is 71.7 Å². The van der Waals surface area contributed by atoms with E-state index in [1.165, 1.54) is 5.69 Å². The predicted molar refractivity (Wildman–Crippen MR) is 100 cm³/mol. The van der Waals surface area contributed by atoms with E-state index in [1.807, 2.05) is 25.3 Å². The van der Waals surface area contributed by atoms with Crippen molar-refractivity contribution in [3.63, 3.8) is 0 Å². The van der Waals surface area contributed by atoms with Crippen LogP contribution in [0.4, 0.5) is 0 Å². The number of carbonyl (C=O) groups excluding carboxylic acids is 1. The third kappa shape index (κ3) is 4.09. The van der Waals surface area contributed by atoms with E-state index in [9.17, 15) is 4.79 Å². The Balaban J connectivity index is 1.37. The Hall–Kier alpha value is -2.93. The van der Waals surface area contributed by atoms with E-state index in [0.717, 1.165) is 37.6 Å². The first-order valence-electron chi connectivity index (χ1n) is 9.17. The molecule has 1 aliphatic heterocycles. The Morgan fingerprint density at radius 3 is 2.85 bits per heavy atom. The molecule has 0 radical (unpaired) electrons. The highest BCUT2D eigenvalue weighted by atomic mass is 16.3. The molecule has 0 spiro atoms. The zero-order valence-electron chi connectivity index (χ0n) is 15.3. The summed E-state index contributed by atoms with van der Waals surface area (Å²) in [6.07, 6.45) is 5.91. The Labute approximate surface area is 158 Å². The summed E-state index contributed by atoms with van der Waals surface area (Å²) < 4.78 is 7.81. The topological polar surface area (TPSA) is 76.2 Å². The maximum absolute atomic E-state index is 12.2. The lowest BCUT2D eigenvalue weighted by atomic mass is 10.1. The largest absolute Gasteiger partial charge is 0.465 e. The molecule has 7 nitrogen and oxygen atoms in total. The lowest BCUT2D eigenvalue weighted by Gasteiger charge is -2.33. The van der Waals surface area contributed by atoms with Gasteiger partial charge in [-0.3, -0.25) is 19.4 Å². The van der Waals surface area contributed by atoms with Gasteiger partial charge in [0.05, 0.1) is 18.3 Å². The van der Waals surface area contributed by atoms with Gasteiger partial charge in [-0.05, 0) is 43.7 Å². The minimum atomic E-state index is -0.0724. The van der Waals surface area contributed by atoms with Gasteiger partial charge < -0.3 is 9.73 Å². The molecule has 1 atom stereocenters. The molecule has 4 heterocycles. The average molecular weight is 365 g/mol. The zero-order chi connectivity index (χ0) is 18.6. The number of nitrogens with one attached hydrogen (secondary N) is 1. The van der Waals surface area contributed by atoms with Gasteiger partial charge in [-0.25, -0.2) is 0 Å². The molecule has 0 unspecified atom stereocenters. The average Bonchev–Trinajstić information content (AvgIpc) is 3.31. The first kappa shape index (κ1) is 17.5. The summed E-state index contributed by atoms with van der Waals surface area (Å²) in [7, 11) is 0. The van der Waals surface area contributed by atoms with Crippen LogP contribution in [0.15, 0.2) is 53.3 Å². The predicted octanol–water partition coefficient (Wildman–Crippen LogP) is 2.56. The Kier molecular flexibility index (Phi) is 5.02. The maximum atomic E-state index is 12.2. The van der Waals surface area contributed by atoms with Crippen molar-refractivity contribution in [2.24, 2.45) is 0 Å². The second-order valence-electron chi connectivity index (χ2n) is 6.88. The highest BCUT2D eigenvalue weighted by Crippen LogP contribution is 2.24. The molecule has 3 aromatic heterocycles. The van der Waals surface area contributed by atoms with Gasteiger partial charge in [0, 0.05) is 43.8 Å². The van der Waals surface area contributed by atoms with Crippen molar-refractivity contribution < 1.29 is 9.21 Å². The Morgan fingerprint density at radius 2 is 2.07 bits per heavy atom. The number of furan rings is 1. The standard InChI is InChI=1S/C20H23N5O2/c1-15-2-3-19(27-15)14-24-12-17(25-18(13-24)7-11-23-25)6-10-22-20(26)16-4-8-21-9-5-16/h2-5,7-9,11,17H,6,10,12-14H2,1H3,(H,22,26)/t17-/m0/s1. The molecule has 27 heavy (non-hydrogen) atoms. The molecule has 1 aliphatic rings. The molecule has 4 rings (SSSR count). The Bertz CT molecular complexity index is 902. The van der Waals surface area contributed by atoms with E-state index >= 15 is 0 Å². The number of hydrogen-bond donors (Lipinski definition) is 1. The van der Waals surface area contributed by atoms with Crippen molar-refractivity contribution in [2.75, 3.05) is 13.1 Å². The summed E-state index contributed by atoms with van der Waals surface area (Å²) in [4.78, 5) is 18.5. The van der Waals surface area contributed by atoms with Gasteiger partial charge in [-0.15, -0.1) is 0 Å². The van der Waals surface area contributed by atoms with Crippen LogP contribution in [0, 0.1) is 6.92 Å². The molecule has 0 aliphatic carbocycles. The number of rotatable bonds is 6. The number of aromatic nitrogens is 3. The summed E-state index contributed by atoms with van der Waals surface area (Å²) >= 11 is 0. The van der Waals surface area contributed by atoms with Crippen LogP contribution in [0.3, 0.4) is 0 Å². The first-order chi connectivity index (χ1) is 13.2. The van der Waals surface area contributed by atoms with Crippen LogP contribution in [0.25, 0.3) is 0 Å². The van der Waals surface area contributed by atoms with E-state index in [4.69, 9.17) is 4.42 Å². The maximum Gasteiger partial charge on any atom is 0.251 e. The molecule has 0 saturated heterocycles. The molecule has 0 saturated carbocycles. The SMILES string of the molecule is Cc1ccc(CN2Cc3ccnn3[C@@H](CCNC(=O)c3ccncc3)C2)o1. The summed E-state index contributed by atoms with van der Waals surface area (Å²) in [6, 6.07) is 9.74. The lowest BCUT2D eigenvalue weighted by molar-refractivity contribution is 0.0946. The second kappa shape index (κ2) is 7.75. The number of nitrogens with zero attached hydrogens (tertiary/aromatic N) is 4. The molecule has 1 amide bonds. The van der Waals surface area contributed by atoms with Crippen molar-refractivity contribution in [1.29, 1.82) is 0 Å². The van der Waals surface area contributed by atoms with E-state index in [1.54, 1.807) is 24.5 Å². The van der Waals surface area contributed by atoms with Gasteiger partial charge in [-0.2, -0.15) is 5.10 Å². The molecule has 7 heteroatoms. The van der Waals surface area contributed by atoms with Crippen LogP contribution in [0.2, 0.25) is 0 Å². The summed E-state index contributed by atoms with van der Waals surface area (Å²) in [5.41, 5.74) is 1.82. The fourth-order valence-electron chi connectivity index (χ4n) is 3.55. The number of aryl methyl sites for hydroxylation is 1. The van der Waals surface area contributed by atoms with Gasteiger partial charge in [0.15, 0.2) is 0 Å². The van der Waals surface area contributed by atoms with E-state index in [-0.39, 0.29) is 11.9 Å². The second-order valence-corrected chi connectivity index (χ2v) is 6.88. The number of hydrogen-bond acceptors (Lipinski definition) is 5. The number of fused-ring (bicyclic) bond motifs is 1.